The molecular formula is C16H25ClN2O. The molecule has 0 amide bonds. The highest BCUT2D eigenvalue weighted by Crippen LogP contribution is 2.28. The van der Waals surface area contributed by atoms with E-state index in [1.807, 2.05) is 18.2 Å². The lowest BCUT2D eigenvalue weighted by molar-refractivity contribution is 0.182. The molecule has 1 aliphatic heterocycles. The first-order chi connectivity index (χ1) is 9.74. The third-order valence-electron chi connectivity index (χ3n) is 3.87. The Bertz CT molecular complexity index is 425. The maximum absolute atomic E-state index is 6.33. The van der Waals surface area contributed by atoms with Gasteiger partial charge in [-0.3, -0.25) is 4.90 Å². The Labute approximate surface area is 127 Å². The first-order valence-corrected chi connectivity index (χ1v) is 7.89. The molecule has 1 heterocycles. The van der Waals surface area contributed by atoms with Gasteiger partial charge in [0.2, 0.25) is 0 Å². The van der Waals surface area contributed by atoms with Crippen LogP contribution in [0, 0.1) is 0 Å². The number of nitrogens with zero attached hydrogens (tertiary/aromatic N) is 1. The van der Waals surface area contributed by atoms with Crippen LogP contribution < -0.4 is 10.1 Å². The van der Waals surface area contributed by atoms with Crippen molar-refractivity contribution in [3.05, 3.63) is 28.8 Å². The zero-order valence-electron chi connectivity index (χ0n) is 12.5. The highest BCUT2D eigenvalue weighted by atomic mass is 35.5. The van der Waals surface area contributed by atoms with Crippen LogP contribution in [-0.4, -0.2) is 37.7 Å². The molecule has 0 radical (unpaired) electrons. The average Bonchev–Trinajstić information content (AvgIpc) is 2.47. The summed E-state index contributed by atoms with van der Waals surface area (Å²) in [6.45, 7) is 6.41. The van der Waals surface area contributed by atoms with Crippen LogP contribution in [0.25, 0.3) is 0 Å². The van der Waals surface area contributed by atoms with Gasteiger partial charge in [0, 0.05) is 29.7 Å². The van der Waals surface area contributed by atoms with Gasteiger partial charge in [0.05, 0.1) is 7.11 Å². The lowest BCUT2D eigenvalue weighted by Crippen LogP contribution is -2.45. The van der Waals surface area contributed by atoms with Gasteiger partial charge < -0.3 is 10.1 Å². The van der Waals surface area contributed by atoms with E-state index in [1.165, 1.54) is 19.3 Å². The number of rotatable bonds is 6. The molecule has 0 aliphatic carbocycles. The van der Waals surface area contributed by atoms with Crippen molar-refractivity contribution in [2.24, 2.45) is 0 Å². The molecule has 1 unspecified atom stereocenters. The standard InChI is InChI=1S/C16H25ClN2O/c1-3-9-18-13-6-5-10-19(11-13)12-14-15(17)7-4-8-16(14)20-2/h4,7-8,13,18H,3,5-6,9-12H2,1-2H3. The smallest absolute Gasteiger partial charge is 0.124 e. The van der Waals surface area contributed by atoms with Gasteiger partial charge >= 0.3 is 0 Å². The number of ether oxygens (including phenoxy) is 1. The Morgan fingerprint density at radius 2 is 2.30 bits per heavy atom. The van der Waals surface area contributed by atoms with E-state index in [0.29, 0.717) is 6.04 Å². The largest absolute Gasteiger partial charge is 0.496 e. The molecule has 0 saturated carbocycles. The van der Waals surface area contributed by atoms with E-state index in [4.69, 9.17) is 16.3 Å². The fraction of sp³-hybridized carbons (Fsp3) is 0.625. The van der Waals surface area contributed by atoms with Crippen LogP contribution in [0.4, 0.5) is 0 Å². The highest BCUT2D eigenvalue weighted by Gasteiger charge is 2.21. The Morgan fingerprint density at radius 1 is 1.45 bits per heavy atom. The predicted molar refractivity (Wildman–Crippen MR) is 84.6 cm³/mol. The summed E-state index contributed by atoms with van der Waals surface area (Å²) in [5.41, 5.74) is 1.10. The van der Waals surface area contributed by atoms with E-state index in [9.17, 15) is 0 Å². The normalized spacial score (nSPS) is 20.1. The van der Waals surface area contributed by atoms with Crippen LogP contribution in [0.5, 0.6) is 5.75 Å². The van der Waals surface area contributed by atoms with E-state index < -0.39 is 0 Å². The van der Waals surface area contributed by atoms with Gasteiger partial charge in [-0.15, -0.1) is 0 Å². The molecule has 112 valence electrons. The van der Waals surface area contributed by atoms with Crippen molar-refractivity contribution in [3.63, 3.8) is 0 Å². The number of methoxy groups -OCH3 is 1. The maximum Gasteiger partial charge on any atom is 0.124 e. The van der Waals surface area contributed by atoms with Crippen molar-refractivity contribution in [3.8, 4) is 5.75 Å². The van der Waals surface area contributed by atoms with Crippen LogP contribution >= 0.6 is 11.6 Å². The number of nitrogens with one attached hydrogen (secondary N) is 1. The molecule has 1 N–H and O–H groups in total. The highest BCUT2D eigenvalue weighted by molar-refractivity contribution is 6.31. The summed E-state index contributed by atoms with van der Waals surface area (Å²) in [6.07, 6.45) is 3.71. The fourth-order valence-corrected chi connectivity index (χ4v) is 3.05. The summed E-state index contributed by atoms with van der Waals surface area (Å²) in [6, 6.07) is 6.47. The summed E-state index contributed by atoms with van der Waals surface area (Å²) in [5.74, 6) is 0.890. The second-order valence-corrected chi connectivity index (χ2v) is 5.86. The minimum atomic E-state index is 0.609. The minimum Gasteiger partial charge on any atom is -0.496 e. The second kappa shape index (κ2) is 7.87. The molecule has 1 saturated heterocycles. The molecule has 1 aromatic rings. The molecular weight excluding hydrogens is 272 g/mol. The third-order valence-corrected chi connectivity index (χ3v) is 4.22. The van der Waals surface area contributed by atoms with E-state index >= 15 is 0 Å². The minimum absolute atomic E-state index is 0.609. The van der Waals surface area contributed by atoms with Crippen molar-refractivity contribution in [1.29, 1.82) is 0 Å². The molecule has 1 aliphatic rings. The number of piperidine rings is 1. The molecule has 3 nitrogen and oxygen atoms in total. The quantitative estimate of drug-likeness (QED) is 0.871. The predicted octanol–water partition coefficient (Wildman–Crippen LogP) is 3.31. The number of halogens is 1. The zero-order chi connectivity index (χ0) is 14.4. The second-order valence-electron chi connectivity index (χ2n) is 5.45. The molecule has 2 rings (SSSR count). The molecule has 1 aromatic carbocycles. The monoisotopic (exact) mass is 296 g/mol. The Hall–Kier alpha value is -0.770. The van der Waals surface area contributed by atoms with Crippen LogP contribution in [0.2, 0.25) is 5.02 Å². The topological polar surface area (TPSA) is 24.5 Å². The Kier molecular flexibility index (Phi) is 6.14. The van der Waals surface area contributed by atoms with Crippen molar-refractivity contribution in [2.75, 3.05) is 26.7 Å². The van der Waals surface area contributed by atoms with Gasteiger partial charge in [0.25, 0.3) is 0 Å². The van der Waals surface area contributed by atoms with Crippen LogP contribution in [0.15, 0.2) is 18.2 Å². The molecule has 0 spiro atoms. The summed E-state index contributed by atoms with van der Waals surface area (Å²) in [4.78, 5) is 2.47. The van der Waals surface area contributed by atoms with Gasteiger partial charge in [-0.05, 0) is 44.5 Å². The van der Waals surface area contributed by atoms with Gasteiger partial charge in [-0.2, -0.15) is 0 Å². The SMILES string of the molecule is CCCNC1CCCN(Cc2c(Cl)cccc2OC)C1. The molecule has 0 bridgehead atoms. The maximum atomic E-state index is 6.33. The van der Waals surface area contributed by atoms with Crippen LogP contribution in [-0.2, 0) is 6.54 Å². The third kappa shape index (κ3) is 4.11. The fourth-order valence-electron chi connectivity index (χ4n) is 2.82. The zero-order valence-corrected chi connectivity index (χ0v) is 13.2. The lowest BCUT2D eigenvalue weighted by Gasteiger charge is -2.33. The molecule has 4 heteroatoms. The van der Waals surface area contributed by atoms with Crippen molar-refractivity contribution in [1.82, 2.24) is 10.2 Å². The number of likely N-dealkylation sites (tertiary alicyclic amines) is 1. The number of benzene rings is 1. The van der Waals surface area contributed by atoms with Crippen LogP contribution in [0.1, 0.15) is 31.7 Å². The summed E-state index contributed by atoms with van der Waals surface area (Å²) in [7, 11) is 1.71. The van der Waals surface area contributed by atoms with E-state index in [-0.39, 0.29) is 0 Å². The summed E-state index contributed by atoms with van der Waals surface area (Å²) < 4.78 is 5.43. The Balaban J connectivity index is 1.99. The average molecular weight is 297 g/mol. The lowest BCUT2D eigenvalue weighted by atomic mass is 10.0. The van der Waals surface area contributed by atoms with Gasteiger partial charge in [0.15, 0.2) is 0 Å². The van der Waals surface area contributed by atoms with E-state index in [2.05, 4.69) is 17.1 Å². The van der Waals surface area contributed by atoms with Gasteiger partial charge in [-0.25, -0.2) is 0 Å². The van der Waals surface area contributed by atoms with E-state index in [1.54, 1.807) is 7.11 Å². The summed E-state index contributed by atoms with van der Waals surface area (Å²) in [5, 5.41) is 4.42. The van der Waals surface area contributed by atoms with Gasteiger partial charge in [0.1, 0.15) is 5.75 Å². The number of hydrogen-bond donors (Lipinski definition) is 1. The van der Waals surface area contributed by atoms with E-state index in [0.717, 1.165) is 42.5 Å². The first kappa shape index (κ1) is 15.6. The Morgan fingerprint density at radius 3 is 3.05 bits per heavy atom. The summed E-state index contributed by atoms with van der Waals surface area (Å²) >= 11 is 6.33. The molecule has 1 fully saturated rings. The van der Waals surface area contributed by atoms with Crippen molar-refractivity contribution >= 4 is 11.6 Å². The number of hydrogen-bond acceptors (Lipinski definition) is 3. The molecule has 20 heavy (non-hydrogen) atoms. The van der Waals surface area contributed by atoms with Crippen molar-refractivity contribution in [2.45, 2.75) is 38.8 Å². The van der Waals surface area contributed by atoms with Crippen molar-refractivity contribution < 1.29 is 4.74 Å². The first-order valence-electron chi connectivity index (χ1n) is 7.51. The molecule has 1 atom stereocenters. The molecule has 0 aromatic heterocycles. The van der Waals surface area contributed by atoms with Gasteiger partial charge in [-0.1, -0.05) is 24.6 Å². The van der Waals surface area contributed by atoms with Crippen LogP contribution in [0.3, 0.4) is 0 Å².